The second-order valence-electron chi connectivity index (χ2n) is 7.29. The van der Waals surface area contributed by atoms with Gasteiger partial charge >= 0.3 is 6.09 Å². The molecule has 1 fully saturated rings. The van der Waals surface area contributed by atoms with Crippen molar-refractivity contribution in [2.24, 2.45) is 10.9 Å². The van der Waals surface area contributed by atoms with E-state index in [0.29, 0.717) is 10.9 Å². The first kappa shape index (κ1) is 19.0. The Morgan fingerprint density at radius 3 is 2.77 bits per heavy atom. The maximum Gasteiger partial charge on any atom is 0.415 e. The van der Waals surface area contributed by atoms with Crippen LogP contribution in [0, 0.1) is 11.7 Å². The zero-order chi connectivity index (χ0) is 19.3. The lowest BCUT2D eigenvalue weighted by Gasteiger charge is -2.34. The average molecular weight is 435 g/mol. The Hall–Kier alpha value is -1.77. The van der Waals surface area contributed by atoms with Gasteiger partial charge in [0.1, 0.15) is 17.5 Å². The van der Waals surface area contributed by atoms with Crippen LogP contribution in [0.15, 0.2) is 27.7 Å². The van der Waals surface area contributed by atoms with E-state index >= 15 is 0 Å². The van der Waals surface area contributed by atoms with E-state index in [1.54, 1.807) is 20.8 Å². The molecular formula is C17H18BrF3N2O3. The van der Waals surface area contributed by atoms with Crippen molar-refractivity contribution in [1.82, 2.24) is 5.32 Å². The van der Waals surface area contributed by atoms with Crippen molar-refractivity contribution in [3.05, 3.63) is 34.1 Å². The molecule has 1 N–H and O–H groups in total. The van der Waals surface area contributed by atoms with Crippen LogP contribution in [0.2, 0.25) is 0 Å². The van der Waals surface area contributed by atoms with Gasteiger partial charge in [-0.3, -0.25) is 0 Å². The minimum atomic E-state index is -2.99. The molecule has 1 saturated carbocycles. The minimum Gasteiger partial charge on any atom is -0.461 e. The summed E-state index contributed by atoms with van der Waals surface area (Å²) in [4.78, 5) is 15.9. The van der Waals surface area contributed by atoms with E-state index in [1.807, 2.05) is 0 Å². The maximum absolute atomic E-state index is 14.4. The number of amides is 1. The third-order valence-corrected chi connectivity index (χ3v) is 4.64. The van der Waals surface area contributed by atoms with Gasteiger partial charge in [0.05, 0.1) is 0 Å². The SMILES string of the molecule is CC(C)(C)OC(=O)NC1=NC(c2cc(Br)ccc2F)(C(F)F)C2CC2O1. The summed E-state index contributed by atoms with van der Waals surface area (Å²) in [5.74, 6) is -1.46. The van der Waals surface area contributed by atoms with E-state index < -0.39 is 47.5 Å². The van der Waals surface area contributed by atoms with Crippen LogP contribution in [0.1, 0.15) is 32.8 Å². The van der Waals surface area contributed by atoms with E-state index in [1.165, 1.54) is 12.1 Å². The number of hydrogen-bond donors (Lipinski definition) is 1. The number of carbonyl (C=O) groups excluding carboxylic acids is 1. The van der Waals surface area contributed by atoms with E-state index in [9.17, 15) is 18.0 Å². The maximum atomic E-state index is 14.4. The van der Waals surface area contributed by atoms with Crippen molar-refractivity contribution in [1.29, 1.82) is 0 Å². The summed E-state index contributed by atoms with van der Waals surface area (Å²) in [6.07, 6.45) is -4.14. The lowest BCUT2D eigenvalue weighted by Crippen LogP contribution is -2.46. The highest BCUT2D eigenvalue weighted by molar-refractivity contribution is 9.10. The number of amidine groups is 1. The quantitative estimate of drug-likeness (QED) is 0.752. The number of hydrogen-bond acceptors (Lipinski definition) is 4. The van der Waals surface area contributed by atoms with E-state index in [-0.39, 0.29) is 5.56 Å². The average Bonchev–Trinajstić information content (AvgIpc) is 3.26. The number of halogens is 4. The lowest BCUT2D eigenvalue weighted by molar-refractivity contribution is 0.0152. The van der Waals surface area contributed by atoms with Crippen molar-refractivity contribution < 1.29 is 27.4 Å². The fourth-order valence-corrected chi connectivity index (χ4v) is 3.39. The number of fused-ring (bicyclic) bond motifs is 1. The van der Waals surface area contributed by atoms with Gasteiger partial charge in [-0.25, -0.2) is 28.3 Å². The van der Waals surface area contributed by atoms with Crippen LogP contribution < -0.4 is 5.32 Å². The van der Waals surface area contributed by atoms with Gasteiger partial charge in [0.15, 0.2) is 5.54 Å². The first-order valence-corrected chi connectivity index (χ1v) is 8.82. The Kier molecular flexibility index (Phi) is 4.71. The van der Waals surface area contributed by atoms with Crippen LogP contribution in [0.5, 0.6) is 0 Å². The summed E-state index contributed by atoms with van der Waals surface area (Å²) in [5.41, 5.74) is -3.14. The highest BCUT2D eigenvalue weighted by Crippen LogP contribution is 2.56. The second kappa shape index (κ2) is 6.44. The Morgan fingerprint density at radius 1 is 1.46 bits per heavy atom. The number of alkyl carbamates (subject to hydrolysis) is 1. The Bertz CT molecular complexity index is 766. The molecule has 0 saturated heterocycles. The molecule has 0 spiro atoms. The molecule has 1 amide bonds. The molecule has 1 heterocycles. The molecule has 0 radical (unpaired) electrons. The molecule has 2 aliphatic rings. The Balaban J connectivity index is 1.99. The van der Waals surface area contributed by atoms with Gasteiger partial charge in [-0.05, 0) is 45.4 Å². The number of aliphatic imine (C=N–C) groups is 1. The molecule has 1 aliphatic heterocycles. The fraction of sp³-hybridized carbons (Fsp3) is 0.529. The monoisotopic (exact) mass is 434 g/mol. The predicted octanol–water partition coefficient (Wildman–Crippen LogP) is 4.35. The van der Waals surface area contributed by atoms with Gasteiger partial charge in [-0.2, -0.15) is 0 Å². The number of alkyl halides is 2. The second-order valence-corrected chi connectivity index (χ2v) is 8.21. The fourth-order valence-electron chi connectivity index (χ4n) is 3.03. The molecule has 1 aliphatic carbocycles. The highest BCUT2D eigenvalue weighted by atomic mass is 79.9. The zero-order valence-corrected chi connectivity index (χ0v) is 15.9. The van der Waals surface area contributed by atoms with Gasteiger partial charge in [0.25, 0.3) is 12.4 Å². The van der Waals surface area contributed by atoms with Crippen LogP contribution in [-0.4, -0.2) is 30.2 Å². The van der Waals surface area contributed by atoms with Gasteiger partial charge in [-0.1, -0.05) is 15.9 Å². The molecule has 0 bridgehead atoms. The summed E-state index contributed by atoms with van der Waals surface area (Å²) in [5, 5.41) is 2.25. The molecule has 3 unspecified atom stereocenters. The molecular weight excluding hydrogens is 417 g/mol. The summed E-state index contributed by atoms with van der Waals surface area (Å²) >= 11 is 3.18. The summed E-state index contributed by atoms with van der Waals surface area (Å²) in [7, 11) is 0. The van der Waals surface area contributed by atoms with Crippen LogP contribution in [0.4, 0.5) is 18.0 Å². The van der Waals surface area contributed by atoms with Crippen molar-refractivity contribution in [2.45, 2.75) is 50.9 Å². The molecule has 26 heavy (non-hydrogen) atoms. The topological polar surface area (TPSA) is 59.9 Å². The van der Waals surface area contributed by atoms with Gasteiger partial charge in [0.2, 0.25) is 0 Å². The predicted molar refractivity (Wildman–Crippen MR) is 91.6 cm³/mol. The molecule has 3 rings (SSSR count). The number of benzene rings is 1. The smallest absolute Gasteiger partial charge is 0.415 e. The van der Waals surface area contributed by atoms with Crippen LogP contribution in [0.3, 0.4) is 0 Å². The van der Waals surface area contributed by atoms with Gasteiger partial charge in [-0.15, -0.1) is 0 Å². The van der Waals surface area contributed by atoms with E-state index in [2.05, 4.69) is 26.2 Å². The van der Waals surface area contributed by atoms with Gasteiger partial charge in [0, 0.05) is 16.0 Å². The van der Waals surface area contributed by atoms with E-state index in [4.69, 9.17) is 9.47 Å². The van der Waals surface area contributed by atoms with Crippen LogP contribution in [0.25, 0.3) is 0 Å². The Morgan fingerprint density at radius 2 is 2.15 bits per heavy atom. The third-order valence-electron chi connectivity index (χ3n) is 4.15. The lowest BCUT2D eigenvalue weighted by atomic mass is 9.85. The number of nitrogens with one attached hydrogen (secondary N) is 1. The molecule has 1 aromatic carbocycles. The van der Waals surface area contributed by atoms with Crippen molar-refractivity contribution in [3.8, 4) is 0 Å². The third kappa shape index (κ3) is 3.54. The van der Waals surface area contributed by atoms with Crippen molar-refractivity contribution in [3.63, 3.8) is 0 Å². The molecule has 1 aromatic rings. The van der Waals surface area contributed by atoms with Gasteiger partial charge < -0.3 is 9.47 Å². The number of carbonyl (C=O) groups is 1. The summed E-state index contributed by atoms with van der Waals surface area (Å²) in [6.45, 7) is 4.98. The summed E-state index contributed by atoms with van der Waals surface area (Å²) < 4.78 is 53.6. The zero-order valence-electron chi connectivity index (χ0n) is 14.4. The first-order chi connectivity index (χ1) is 12.0. The highest BCUT2D eigenvalue weighted by Gasteiger charge is 2.64. The molecule has 5 nitrogen and oxygen atoms in total. The van der Waals surface area contributed by atoms with Crippen LogP contribution in [-0.2, 0) is 15.0 Å². The molecule has 9 heteroatoms. The first-order valence-electron chi connectivity index (χ1n) is 8.03. The number of rotatable bonds is 2. The molecule has 142 valence electrons. The molecule has 0 aromatic heterocycles. The number of ether oxygens (including phenoxy) is 2. The van der Waals surface area contributed by atoms with E-state index in [0.717, 1.165) is 6.07 Å². The van der Waals surface area contributed by atoms with Crippen LogP contribution >= 0.6 is 15.9 Å². The van der Waals surface area contributed by atoms with Crippen molar-refractivity contribution in [2.75, 3.05) is 0 Å². The summed E-state index contributed by atoms with van der Waals surface area (Å²) in [6, 6.07) is 3.42. The largest absolute Gasteiger partial charge is 0.461 e. The van der Waals surface area contributed by atoms with Crippen molar-refractivity contribution >= 4 is 28.0 Å². The molecule has 3 atom stereocenters. The normalized spacial score (nSPS) is 27.3. The Labute approximate surface area is 157 Å². The minimum absolute atomic E-state index is 0.235. The number of nitrogens with zero attached hydrogens (tertiary/aromatic N) is 1. The standard InChI is InChI=1S/C17H18BrF3N2O3/c1-16(2,3)26-15(24)22-14-23-17(13(20)21,10-7-12(10)25-14)9-6-8(18)4-5-11(9)19/h4-6,10,12-13H,7H2,1-3H3,(H,22,23,24).